The van der Waals surface area contributed by atoms with Gasteiger partial charge in [-0.3, -0.25) is 5.10 Å². The van der Waals surface area contributed by atoms with Gasteiger partial charge in [0.15, 0.2) is 0 Å². The number of aromatic nitrogens is 3. The van der Waals surface area contributed by atoms with Crippen LogP contribution in [-0.4, -0.2) is 14.8 Å². The van der Waals surface area contributed by atoms with Gasteiger partial charge < -0.3 is 4.57 Å². The molecule has 0 fully saturated rings. The maximum absolute atomic E-state index is 5.96. The van der Waals surface area contributed by atoms with Crippen LogP contribution in [0.1, 0.15) is 0 Å². The molecule has 0 saturated heterocycles. The summed E-state index contributed by atoms with van der Waals surface area (Å²) in [7, 11) is 0. The van der Waals surface area contributed by atoms with Crippen molar-refractivity contribution in [2.45, 2.75) is 0 Å². The molecule has 0 aliphatic heterocycles. The lowest BCUT2D eigenvalue weighted by Gasteiger charge is -2.09. The molecule has 0 bridgehead atoms. The fraction of sp³-hybridized carbons (Fsp3) is 0. The summed E-state index contributed by atoms with van der Waals surface area (Å²) in [4.78, 5) is 0. The van der Waals surface area contributed by atoms with Crippen LogP contribution < -0.4 is 0 Å². The Hall–Kier alpha value is -2.52. The zero-order valence-electron chi connectivity index (χ0n) is 11.0. The smallest absolute Gasteiger partial charge is 0.0671 e. The molecule has 101 valence electrons. The number of hydrogen-bond donors (Lipinski definition) is 1. The maximum Gasteiger partial charge on any atom is 0.0671 e. The SMILES string of the molecule is Clc1ccc(-c2c[c]cn2-c2ccc3cn[nH]c3c2)cc1. The van der Waals surface area contributed by atoms with Gasteiger partial charge in [0.1, 0.15) is 0 Å². The fourth-order valence-corrected chi connectivity index (χ4v) is 2.59. The second-order valence-corrected chi connectivity index (χ2v) is 5.28. The lowest BCUT2D eigenvalue weighted by atomic mass is 10.1. The molecule has 4 aromatic rings. The average Bonchev–Trinajstić information content (AvgIpc) is 3.16. The number of rotatable bonds is 2. The highest BCUT2D eigenvalue weighted by atomic mass is 35.5. The first kappa shape index (κ1) is 12.2. The first-order valence-corrected chi connectivity index (χ1v) is 6.97. The zero-order valence-corrected chi connectivity index (χ0v) is 11.8. The van der Waals surface area contributed by atoms with Gasteiger partial charge in [-0.05, 0) is 42.0 Å². The summed E-state index contributed by atoms with van der Waals surface area (Å²) < 4.78 is 2.10. The summed E-state index contributed by atoms with van der Waals surface area (Å²) in [5, 5.41) is 8.89. The molecule has 3 nitrogen and oxygen atoms in total. The standard InChI is InChI=1S/C17H11ClN3/c18-14-6-3-12(4-7-14)17-2-1-9-21(17)15-8-5-13-11-19-20-16(13)10-15/h2-11H,(H,19,20). The van der Waals surface area contributed by atoms with Gasteiger partial charge in [0.25, 0.3) is 0 Å². The van der Waals surface area contributed by atoms with Crippen molar-refractivity contribution in [3.8, 4) is 16.9 Å². The molecule has 1 N–H and O–H groups in total. The second-order valence-electron chi connectivity index (χ2n) is 4.84. The quantitative estimate of drug-likeness (QED) is 0.581. The minimum Gasteiger partial charge on any atom is -0.316 e. The highest BCUT2D eigenvalue weighted by Crippen LogP contribution is 2.26. The lowest BCUT2D eigenvalue weighted by molar-refractivity contribution is 1.08. The molecular formula is C17H11ClN3. The van der Waals surface area contributed by atoms with Gasteiger partial charge in [-0.2, -0.15) is 5.10 Å². The van der Waals surface area contributed by atoms with E-state index in [-0.39, 0.29) is 0 Å². The minimum atomic E-state index is 0.736. The van der Waals surface area contributed by atoms with Crippen molar-refractivity contribution in [3.63, 3.8) is 0 Å². The maximum atomic E-state index is 5.96. The third kappa shape index (κ3) is 2.12. The van der Waals surface area contributed by atoms with E-state index in [2.05, 4.69) is 39.0 Å². The molecule has 0 atom stereocenters. The van der Waals surface area contributed by atoms with Crippen LogP contribution in [-0.2, 0) is 0 Å². The van der Waals surface area contributed by atoms with Crippen LogP contribution in [0.4, 0.5) is 0 Å². The summed E-state index contributed by atoms with van der Waals surface area (Å²) >= 11 is 5.96. The summed E-state index contributed by atoms with van der Waals surface area (Å²) in [6.07, 6.45) is 3.75. The average molecular weight is 293 g/mol. The van der Waals surface area contributed by atoms with E-state index in [1.54, 1.807) is 0 Å². The van der Waals surface area contributed by atoms with Crippen molar-refractivity contribution in [1.29, 1.82) is 0 Å². The summed E-state index contributed by atoms with van der Waals surface area (Å²) in [6.45, 7) is 0. The predicted molar refractivity (Wildman–Crippen MR) is 84.7 cm³/mol. The van der Waals surface area contributed by atoms with Gasteiger partial charge in [-0.15, -0.1) is 0 Å². The van der Waals surface area contributed by atoms with E-state index < -0.39 is 0 Å². The largest absolute Gasteiger partial charge is 0.316 e. The molecule has 0 amide bonds. The van der Waals surface area contributed by atoms with E-state index in [0.717, 1.165) is 32.9 Å². The molecule has 0 aliphatic rings. The Balaban J connectivity index is 1.85. The van der Waals surface area contributed by atoms with Gasteiger partial charge in [0, 0.05) is 28.4 Å². The molecule has 0 spiro atoms. The fourth-order valence-electron chi connectivity index (χ4n) is 2.46. The third-order valence-electron chi connectivity index (χ3n) is 3.53. The Labute approximate surface area is 126 Å². The Bertz CT molecular complexity index is 903. The molecule has 4 heteroatoms. The third-order valence-corrected chi connectivity index (χ3v) is 3.78. The van der Waals surface area contributed by atoms with Gasteiger partial charge in [-0.1, -0.05) is 23.7 Å². The molecule has 0 saturated carbocycles. The first-order valence-electron chi connectivity index (χ1n) is 6.59. The van der Waals surface area contributed by atoms with E-state index in [4.69, 9.17) is 11.6 Å². The van der Waals surface area contributed by atoms with E-state index in [9.17, 15) is 0 Å². The Kier molecular flexibility index (Phi) is 2.79. The normalized spacial score (nSPS) is 11.1. The van der Waals surface area contributed by atoms with Gasteiger partial charge >= 0.3 is 0 Å². The monoisotopic (exact) mass is 292 g/mol. The van der Waals surface area contributed by atoms with Crippen molar-refractivity contribution in [2.24, 2.45) is 0 Å². The number of benzene rings is 2. The Morgan fingerprint density at radius 1 is 1.10 bits per heavy atom. The highest BCUT2D eigenvalue weighted by Gasteiger charge is 2.07. The van der Waals surface area contributed by atoms with Crippen LogP contribution in [0.25, 0.3) is 27.8 Å². The zero-order chi connectivity index (χ0) is 14.2. The number of nitrogens with zero attached hydrogens (tertiary/aromatic N) is 2. The van der Waals surface area contributed by atoms with Gasteiger partial charge in [0.2, 0.25) is 0 Å². The number of fused-ring (bicyclic) bond motifs is 1. The molecule has 0 aliphatic carbocycles. The summed E-state index contributed by atoms with van der Waals surface area (Å²) in [5.74, 6) is 0. The Morgan fingerprint density at radius 3 is 2.81 bits per heavy atom. The van der Waals surface area contributed by atoms with Crippen LogP contribution >= 0.6 is 11.6 Å². The van der Waals surface area contributed by atoms with Crippen LogP contribution in [0.5, 0.6) is 0 Å². The van der Waals surface area contributed by atoms with E-state index in [1.807, 2.05) is 42.7 Å². The van der Waals surface area contributed by atoms with Crippen molar-refractivity contribution >= 4 is 22.5 Å². The van der Waals surface area contributed by atoms with E-state index in [0.29, 0.717) is 0 Å². The molecule has 1 radical (unpaired) electrons. The van der Waals surface area contributed by atoms with Gasteiger partial charge in [0.05, 0.1) is 17.4 Å². The summed E-state index contributed by atoms with van der Waals surface area (Å²) in [6, 6.07) is 19.1. The second kappa shape index (κ2) is 4.79. The molecular weight excluding hydrogens is 282 g/mol. The van der Waals surface area contributed by atoms with E-state index in [1.165, 1.54) is 0 Å². The van der Waals surface area contributed by atoms with Crippen molar-refractivity contribution < 1.29 is 0 Å². The number of aromatic amines is 1. The van der Waals surface area contributed by atoms with Crippen LogP contribution in [0, 0.1) is 6.07 Å². The van der Waals surface area contributed by atoms with Crippen molar-refractivity contribution in [3.05, 3.63) is 72.0 Å². The van der Waals surface area contributed by atoms with Crippen molar-refractivity contribution in [1.82, 2.24) is 14.8 Å². The van der Waals surface area contributed by atoms with Crippen LogP contribution in [0.2, 0.25) is 5.02 Å². The van der Waals surface area contributed by atoms with Gasteiger partial charge in [-0.25, -0.2) is 0 Å². The number of H-pyrrole nitrogens is 1. The number of hydrogen-bond acceptors (Lipinski definition) is 1. The number of halogens is 1. The highest BCUT2D eigenvalue weighted by molar-refractivity contribution is 6.30. The molecule has 2 heterocycles. The number of nitrogens with one attached hydrogen (secondary N) is 1. The topological polar surface area (TPSA) is 33.6 Å². The molecule has 4 rings (SSSR count). The molecule has 0 unspecified atom stereocenters. The predicted octanol–water partition coefficient (Wildman–Crippen LogP) is 4.47. The molecule has 2 aromatic heterocycles. The summed E-state index contributed by atoms with van der Waals surface area (Å²) in [5.41, 5.74) is 4.26. The van der Waals surface area contributed by atoms with Crippen LogP contribution in [0.15, 0.2) is 60.9 Å². The minimum absolute atomic E-state index is 0.736. The molecule has 21 heavy (non-hydrogen) atoms. The lowest BCUT2D eigenvalue weighted by Crippen LogP contribution is -1.94. The van der Waals surface area contributed by atoms with Crippen molar-refractivity contribution in [2.75, 3.05) is 0 Å². The molecule has 2 aromatic carbocycles. The Morgan fingerprint density at radius 2 is 1.95 bits per heavy atom. The van der Waals surface area contributed by atoms with Crippen LogP contribution in [0.3, 0.4) is 0 Å². The first-order chi connectivity index (χ1) is 10.3. The van der Waals surface area contributed by atoms with E-state index >= 15 is 0 Å².